The zero-order valence-electron chi connectivity index (χ0n) is 16.3. The highest BCUT2D eigenvalue weighted by Crippen LogP contribution is 2.27. The second-order valence-electron chi connectivity index (χ2n) is 7.34. The molecule has 0 aliphatic carbocycles. The number of hydrazine groups is 1. The highest BCUT2D eigenvalue weighted by atomic mass is 16.5. The van der Waals surface area contributed by atoms with Crippen LogP contribution in [0.25, 0.3) is 0 Å². The Morgan fingerprint density at radius 2 is 1.76 bits per heavy atom. The van der Waals surface area contributed by atoms with Gasteiger partial charge in [-0.15, -0.1) is 0 Å². The van der Waals surface area contributed by atoms with E-state index in [1.165, 1.54) is 0 Å². The molecule has 2 aromatic carbocycles. The number of nitrogens with zero attached hydrogens (tertiary/aromatic N) is 1. The van der Waals surface area contributed by atoms with Gasteiger partial charge in [-0.3, -0.25) is 15.0 Å². The van der Waals surface area contributed by atoms with E-state index in [0.717, 1.165) is 11.1 Å². The van der Waals surface area contributed by atoms with Gasteiger partial charge >= 0.3 is 0 Å². The molecular formula is C22H26N4O3. The first-order chi connectivity index (χ1) is 14.2. The van der Waals surface area contributed by atoms with Crippen molar-refractivity contribution >= 4 is 11.8 Å². The van der Waals surface area contributed by atoms with E-state index in [4.69, 9.17) is 4.74 Å². The topological polar surface area (TPSA) is 82.7 Å². The molecule has 0 aromatic heterocycles. The second kappa shape index (κ2) is 9.17. The second-order valence-corrected chi connectivity index (χ2v) is 7.34. The van der Waals surface area contributed by atoms with Crippen LogP contribution in [0.4, 0.5) is 0 Å². The van der Waals surface area contributed by atoms with Gasteiger partial charge < -0.3 is 15.0 Å². The number of carbonyl (C=O) groups excluding carboxylic acids is 2. The number of ether oxygens (including phenoxy) is 1. The summed E-state index contributed by atoms with van der Waals surface area (Å²) >= 11 is 0. The average molecular weight is 394 g/mol. The molecule has 2 fully saturated rings. The first-order valence-corrected chi connectivity index (χ1v) is 9.99. The molecule has 152 valence electrons. The number of hydrogen-bond donors (Lipinski definition) is 3. The zero-order valence-corrected chi connectivity index (χ0v) is 16.3. The summed E-state index contributed by atoms with van der Waals surface area (Å²) in [5, 5.41) is 2.93. The van der Waals surface area contributed by atoms with Crippen molar-refractivity contribution in [2.45, 2.75) is 12.6 Å². The number of nitrogens with one attached hydrogen (secondary N) is 3. The van der Waals surface area contributed by atoms with Crippen LogP contribution >= 0.6 is 0 Å². The van der Waals surface area contributed by atoms with Crippen LogP contribution in [0.3, 0.4) is 0 Å². The van der Waals surface area contributed by atoms with Gasteiger partial charge in [-0.1, -0.05) is 42.5 Å². The normalized spacial score (nSPS) is 21.7. The smallest absolute Gasteiger partial charge is 0.251 e. The van der Waals surface area contributed by atoms with Gasteiger partial charge in [0.2, 0.25) is 5.91 Å². The van der Waals surface area contributed by atoms with Crippen molar-refractivity contribution in [3.8, 4) is 0 Å². The van der Waals surface area contributed by atoms with E-state index < -0.39 is 0 Å². The van der Waals surface area contributed by atoms with Gasteiger partial charge in [0.05, 0.1) is 25.2 Å². The molecule has 0 spiro atoms. The lowest BCUT2D eigenvalue weighted by Crippen LogP contribution is -2.45. The van der Waals surface area contributed by atoms with Crippen molar-refractivity contribution in [2.75, 3.05) is 32.8 Å². The number of rotatable bonds is 5. The van der Waals surface area contributed by atoms with E-state index in [2.05, 4.69) is 16.2 Å². The summed E-state index contributed by atoms with van der Waals surface area (Å²) in [6.45, 7) is 3.58. The summed E-state index contributed by atoms with van der Waals surface area (Å²) < 4.78 is 5.35. The summed E-state index contributed by atoms with van der Waals surface area (Å²) in [5.74, 6) is -0.0701. The molecule has 0 bridgehead atoms. The summed E-state index contributed by atoms with van der Waals surface area (Å²) in [6, 6.07) is 17.1. The molecule has 2 aliphatic rings. The molecule has 0 radical (unpaired) electrons. The number of carbonyl (C=O) groups is 2. The maximum Gasteiger partial charge on any atom is 0.251 e. The molecule has 2 saturated heterocycles. The molecule has 2 amide bonds. The Balaban J connectivity index is 1.36. The van der Waals surface area contributed by atoms with Crippen molar-refractivity contribution < 1.29 is 14.3 Å². The van der Waals surface area contributed by atoms with Crippen LogP contribution in [-0.2, 0) is 16.1 Å². The number of amides is 2. The van der Waals surface area contributed by atoms with Crippen LogP contribution in [0.15, 0.2) is 54.6 Å². The SMILES string of the molecule is O=C(NCc1ccc(C2NNCC2C(=O)N2CCOCC2)cc1)c1ccccc1. The summed E-state index contributed by atoms with van der Waals surface area (Å²) in [6.07, 6.45) is 0. The zero-order chi connectivity index (χ0) is 20.1. The lowest BCUT2D eigenvalue weighted by Gasteiger charge is -2.30. The molecule has 4 rings (SSSR count). The van der Waals surface area contributed by atoms with Gasteiger partial charge in [0.15, 0.2) is 0 Å². The Kier molecular flexibility index (Phi) is 6.19. The first kappa shape index (κ1) is 19.6. The van der Waals surface area contributed by atoms with E-state index in [1.54, 1.807) is 12.1 Å². The van der Waals surface area contributed by atoms with E-state index in [1.807, 2.05) is 47.4 Å². The highest BCUT2D eigenvalue weighted by Gasteiger charge is 2.36. The quantitative estimate of drug-likeness (QED) is 0.711. The Bertz CT molecular complexity index is 835. The third-order valence-electron chi connectivity index (χ3n) is 5.45. The Morgan fingerprint density at radius 3 is 2.48 bits per heavy atom. The molecule has 3 N–H and O–H groups in total. The number of hydrogen-bond acceptors (Lipinski definition) is 5. The van der Waals surface area contributed by atoms with Crippen LogP contribution in [0.2, 0.25) is 0 Å². The molecule has 0 saturated carbocycles. The van der Waals surface area contributed by atoms with Crippen molar-refractivity contribution in [2.24, 2.45) is 5.92 Å². The van der Waals surface area contributed by atoms with Crippen LogP contribution < -0.4 is 16.2 Å². The van der Waals surface area contributed by atoms with Gasteiger partial charge in [-0.25, -0.2) is 5.43 Å². The van der Waals surface area contributed by atoms with Crippen molar-refractivity contribution in [1.29, 1.82) is 0 Å². The van der Waals surface area contributed by atoms with Gasteiger partial charge in [-0.05, 0) is 23.3 Å². The van der Waals surface area contributed by atoms with Gasteiger partial charge in [0.1, 0.15) is 0 Å². The molecule has 2 aliphatic heterocycles. The summed E-state index contributed by atoms with van der Waals surface area (Å²) in [5.41, 5.74) is 9.08. The van der Waals surface area contributed by atoms with E-state index in [9.17, 15) is 9.59 Å². The lowest BCUT2D eigenvalue weighted by atomic mass is 9.93. The van der Waals surface area contributed by atoms with E-state index in [0.29, 0.717) is 45.0 Å². The fourth-order valence-electron chi connectivity index (χ4n) is 3.78. The minimum Gasteiger partial charge on any atom is -0.378 e. The number of morpholine rings is 1. The van der Waals surface area contributed by atoms with Gasteiger partial charge in [-0.2, -0.15) is 0 Å². The van der Waals surface area contributed by atoms with Crippen LogP contribution in [0, 0.1) is 5.92 Å². The fraction of sp³-hybridized carbons (Fsp3) is 0.364. The number of benzene rings is 2. The Morgan fingerprint density at radius 1 is 1.03 bits per heavy atom. The van der Waals surface area contributed by atoms with Crippen molar-refractivity contribution in [3.05, 3.63) is 71.3 Å². The third-order valence-corrected chi connectivity index (χ3v) is 5.45. The minimum atomic E-state index is -0.142. The fourth-order valence-corrected chi connectivity index (χ4v) is 3.78. The largest absolute Gasteiger partial charge is 0.378 e. The first-order valence-electron chi connectivity index (χ1n) is 9.99. The summed E-state index contributed by atoms with van der Waals surface area (Å²) in [4.78, 5) is 27.0. The van der Waals surface area contributed by atoms with E-state index >= 15 is 0 Å². The lowest BCUT2D eigenvalue weighted by molar-refractivity contribution is -0.139. The summed E-state index contributed by atoms with van der Waals surface area (Å²) in [7, 11) is 0. The van der Waals surface area contributed by atoms with Crippen LogP contribution in [0.5, 0.6) is 0 Å². The molecule has 2 unspecified atom stereocenters. The molecule has 7 heteroatoms. The van der Waals surface area contributed by atoms with Gasteiger partial charge in [0, 0.05) is 31.7 Å². The van der Waals surface area contributed by atoms with Gasteiger partial charge in [0.25, 0.3) is 5.91 Å². The average Bonchev–Trinajstić information content (AvgIpc) is 3.28. The maximum absolute atomic E-state index is 12.9. The molecular weight excluding hydrogens is 368 g/mol. The molecule has 2 atom stereocenters. The Hall–Kier alpha value is -2.74. The highest BCUT2D eigenvalue weighted by molar-refractivity contribution is 5.94. The Labute approximate surface area is 170 Å². The molecule has 2 heterocycles. The monoisotopic (exact) mass is 394 g/mol. The van der Waals surface area contributed by atoms with Crippen molar-refractivity contribution in [1.82, 2.24) is 21.1 Å². The minimum absolute atomic E-state index is 0.0710. The molecule has 29 heavy (non-hydrogen) atoms. The van der Waals surface area contributed by atoms with Crippen LogP contribution in [-0.4, -0.2) is 49.6 Å². The standard InChI is InChI=1S/C22H26N4O3/c27-21(18-4-2-1-3-5-18)23-14-16-6-8-17(9-7-16)20-19(15-24-25-20)22(28)26-10-12-29-13-11-26/h1-9,19-20,24-25H,10-15H2,(H,23,27). The van der Waals surface area contributed by atoms with Crippen LogP contribution in [0.1, 0.15) is 27.5 Å². The maximum atomic E-state index is 12.9. The predicted octanol–water partition coefficient (Wildman–Crippen LogP) is 1.24. The molecule has 2 aromatic rings. The van der Waals surface area contributed by atoms with E-state index in [-0.39, 0.29) is 23.8 Å². The third kappa shape index (κ3) is 4.64. The van der Waals surface area contributed by atoms with Crippen molar-refractivity contribution in [3.63, 3.8) is 0 Å². The predicted molar refractivity (Wildman–Crippen MR) is 109 cm³/mol. The molecule has 7 nitrogen and oxygen atoms in total.